The number of pyridine rings is 1. The van der Waals surface area contributed by atoms with Crippen molar-refractivity contribution in [3.8, 4) is 5.82 Å². The Kier molecular flexibility index (Phi) is 3.22. The van der Waals surface area contributed by atoms with Gasteiger partial charge in [-0.25, -0.2) is 4.98 Å². The highest BCUT2D eigenvalue weighted by Gasteiger charge is 2.18. The maximum absolute atomic E-state index is 12.1. The molecule has 1 aliphatic carbocycles. The molecule has 0 atom stereocenters. The van der Waals surface area contributed by atoms with Crippen molar-refractivity contribution < 1.29 is 4.79 Å². The molecule has 1 amide bonds. The van der Waals surface area contributed by atoms with Crippen LogP contribution in [-0.2, 0) is 0 Å². The zero-order chi connectivity index (χ0) is 13.1. The summed E-state index contributed by atoms with van der Waals surface area (Å²) in [6, 6.07) is 5.65. The topological polar surface area (TPSA) is 72.7 Å². The number of nitrogens with one attached hydrogen (secondary N) is 1. The van der Waals surface area contributed by atoms with Crippen LogP contribution in [0.3, 0.4) is 0 Å². The Labute approximate surface area is 110 Å². The average Bonchev–Trinajstić information content (AvgIpc) is 3.12. The molecule has 98 valence electrons. The molecule has 3 rings (SSSR count). The van der Waals surface area contributed by atoms with E-state index in [0.29, 0.717) is 17.6 Å². The van der Waals surface area contributed by atoms with E-state index in [1.807, 2.05) is 12.1 Å². The summed E-state index contributed by atoms with van der Waals surface area (Å²) in [7, 11) is 0. The number of aromatic nitrogens is 4. The summed E-state index contributed by atoms with van der Waals surface area (Å²) < 4.78 is 1.67. The van der Waals surface area contributed by atoms with Crippen molar-refractivity contribution in [3.05, 3.63) is 36.5 Å². The lowest BCUT2D eigenvalue weighted by molar-refractivity contribution is 0.0933. The normalized spacial score (nSPS) is 15.6. The van der Waals surface area contributed by atoms with Gasteiger partial charge in [0.15, 0.2) is 0 Å². The van der Waals surface area contributed by atoms with Crippen LogP contribution in [0.1, 0.15) is 36.2 Å². The summed E-state index contributed by atoms with van der Waals surface area (Å²) in [5.41, 5.74) is 0.429. The monoisotopic (exact) mass is 257 g/mol. The molecule has 0 saturated heterocycles. The van der Waals surface area contributed by atoms with Crippen molar-refractivity contribution in [1.82, 2.24) is 25.1 Å². The van der Waals surface area contributed by atoms with Crippen LogP contribution in [-0.4, -0.2) is 31.7 Å². The second-order valence-corrected chi connectivity index (χ2v) is 4.71. The van der Waals surface area contributed by atoms with E-state index in [9.17, 15) is 4.79 Å². The van der Waals surface area contributed by atoms with E-state index in [-0.39, 0.29) is 5.91 Å². The van der Waals surface area contributed by atoms with Crippen LogP contribution >= 0.6 is 0 Å². The van der Waals surface area contributed by atoms with Crippen molar-refractivity contribution in [1.29, 1.82) is 0 Å². The molecule has 1 fully saturated rings. The molecule has 1 N–H and O–H groups in total. The Hall–Kier alpha value is -2.24. The number of carbonyl (C=O) groups is 1. The van der Waals surface area contributed by atoms with Crippen LogP contribution in [0.5, 0.6) is 0 Å². The van der Waals surface area contributed by atoms with E-state index in [0.717, 1.165) is 12.8 Å². The van der Waals surface area contributed by atoms with Gasteiger partial charge in [0.1, 0.15) is 24.2 Å². The number of rotatable bonds is 3. The van der Waals surface area contributed by atoms with Crippen LogP contribution in [0.25, 0.3) is 5.82 Å². The van der Waals surface area contributed by atoms with Crippen LogP contribution < -0.4 is 5.32 Å². The fourth-order valence-corrected chi connectivity index (χ4v) is 2.34. The number of carbonyl (C=O) groups excluding carboxylic acids is 1. The molecule has 19 heavy (non-hydrogen) atoms. The van der Waals surface area contributed by atoms with Gasteiger partial charge in [-0.05, 0) is 25.0 Å². The minimum Gasteiger partial charge on any atom is -0.348 e. The lowest BCUT2D eigenvalue weighted by atomic mass is 10.2. The summed E-state index contributed by atoms with van der Waals surface area (Å²) in [4.78, 5) is 16.4. The van der Waals surface area contributed by atoms with Crippen LogP contribution in [0.4, 0.5) is 0 Å². The maximum Gasteiger partial charge on any atom is 0.270 e. The molecule has 0 aliphatic heterocycles. The van der Waals surface area contributed by atoms with Gasteiger partial charge in [0.05, 0.1) is 0 Å². The summed E-state index contributed by atoms with van der Waals surface area (Å²) in [5, 5.41) is 10.5. The van der Waals surface area contributed by atoms with Crippen molar-refractivity contribution in [2.45, 2.75) is 31.7 Å². The third-order valence-electron chi connectivity index (χ3n) is 3.34. The van der Waals surface area contributed by atoms with E-state index >= 15 is 0 Å². The minimum atomic E-state index is -0.109. The van der Waals surface area contributed by atoms with Crippen molar-refractivity contribution >= 4 is 5.91 Å². The Morgan fingerprint density at radius 3 is 2.68 bits per heavy atom. The number of amides is 1. The first-order valence-corrected chi connectivity index (χ1v) is 6.46. The molecule has 2 heterocycles. The summed E-state index contributed by atoms with van der Waals surface area (Å²) in [6.07, 6.45) is 7.63. The Morgan fingerprint density at radius 2 is 1.95 bits per heavy atom. The van der Waals surface area contributed by atoms with Gasteiger partial charge in [-0.15, -0.1) is 10.2 Å². The predicted octanol–water partition coefficient (Wildman–Crippen LogP) is 1.33. The molecule has 1 aliphatic rings. The molecule has 2 aromatic rings. The molecule has 0 unspecified atom stereocenters. The fraction of sp³-hybridized carbons (Fsp3) is 0.385. The molecule has 0 radical (unpaired) electrons. The van der Waals surface area contributed by atoms with Gasteiger partial charge >= 0.3 is 0 Å². The largest absolute Gasteiger partial charge is 0.348 e. The van der Waals surface area contributed by atoms with Crippen LogP contribution in [0.15, 0.2) is 30.9 Å². The lowest BCUT2D eigenvalue weighted by Gasteiger charge is -2.11. The first-order valence-electron chi connectivity index (χ1n) is 6.46. The van der Waals surface area contributed by atoms with Gasteiger partial charge in [0.2, 0.25) is 0 Å². The zero-order valence-electron chi connectivity index (χ0n) is 10.5. The molecule has 0 bridgehead atoms. The van der Waals surface area contributed by atoms with E-state index in [2.05, 4.69) is 20.5 Å². The van der Waals surface area contributed by atoms with E-state index in [1.165, 1.54) is 12.8 Å². The number of nitrogens with zero attached hydrogens (tertiary/aromatic N) is 4. The first kappa shape index (κ1) is 11.8. The Balaban J connectivity index is 1.77. The van der Waals surface area contributed by atoms with Gasteiger partial charge in [0.25, 0.3) is 5.91 Å². The second-order valence-electron chi connectivity index (χ2n) is 4.71. The molecule has 6 nitrogen and oxygen atoms in total. The fourth-order valence-electron chi connectivity index (χ4n) is 2.34. The van der Waals surface area contributed by atoms with Gasteiger partial charge < -0.3 is 5.32 Å². The van der Waals surface area contributed by atoms with Gasteiger partial charge in [-0.3, -0.25) is 9.36 Å². The van der Waals surface area contributed by atoms with Gasteiger partial charge in [-0.2, -0.15) is 0 Å². The highest BCUT2D eigenvalue weighted by molar-refractivity contribution is 5.92. The SMILES string of the molecule is O=C(NC1CCCC1)c1cccc(-n2cnnc2)n1. The zero-order valence-corrected chi connectivity index (χ0v) is 10.5. The summed E-state index contributed by atoms with van der Waals surface area (Å²) in [5.74, 6) is 0.533. The maximum atomic E-state index is 12.1. The third-order valence-corrected chi connectivity index (χ3v) is 3.34. The van der Waals surface area contributed by atoms with E-state index in [4.69, 9.17) is 0 Å². The van der Waals surface area contributed by atoms with Gasteiger partial charge in [-0.1, -0.05) is 18.9 Å². The van der Waals surface area contributed by atoms with Crippen molar-refractivity contribution in [2.24, 2.45) is 0 Å². The highest BCUT2D eigenvalue weighted by Crippen LogP contribution is 2.18. The van der Waals surface area contributed by atoms with E-state index < -0.39 is 0 Å². The minimum absolute atomic E-state index is 0.109. The first-order chi connectivity index (χ1) is 9.33. The molecule has 1 saturated carbocycles. The molecule has 0 spiro atoms. The number of hydrogen-bond donors (Lipinski definition) is 1. The average molecular weight is 257 g/mol. The quantitative estimate of drug-likeness (QED) is 0.900. The lowest BCUT2D eigenvalue weighted by Crippen LogP contribution is -2.33. The molecule has 0 aromatic carbocycles. The van der Waals surface area contributed by atoms with E-state index in [1.54, 1.807) is 23.3 Å². The molecular weight excluding hydrogens is 242 g/mol. The number of hydrogen-bond acceptors (Lipinski definition) is 4. The summed E-state index contributed by atoms with van der Waals surface area (Å²) in [6.45, 7) is 0. The summed E-state index contributed by atoms with van der Waals surface area (Å²) >= 11 is 0. The van der Waals surface area contributed by atoms with Crippen molar-refractivity contribution in [3.63, 3.8) is 0 Å². The second kappa shape index (κ2) is 5.17. The van der Waals surface area contributed by atoms with Crippen LogP contribution in [0, 0.1) is 0 Å². The molecule has 2 aromatic heterocycles. The van der Waals surface area contributed by atoms with Crippen LogP contribution in [0.2, 0.25) is 0 Å². The van der Waals surface area contributed by atoms with Crippen molar-refractivity contribution in [2.75, 3.05) is 0 Å². The third kappa shape index (κ3) is 2.62. The van der Waals surface area contributed by atoms with Gasteiger partial charge in [0, 0.05) is 6.04 Å². The highest BCUT2D eigenvalue weighted by atomic mass is 16.1. The predicted molar refractivity (Wildman–Crippen MR) is 68.9 cm³/mol. The smallest absolute Gasteiger partial charge is 0.270 e. The Bertz CT molecular complexity index is 560. The molecular formula is C13H15N5O. The molecule has 6 heteroatoms. The standard InChI is InChI=1S/C13H15N5O/c19-13(16-10-4-1-2-5-10)11-6-3-7-12(17-11)18-8-14-15-9-18/h3,6-10H,1-2,4-5H2,(H,16,19). The Morgan fingerprint density at radius 1 is 1.21 bits per heavy atom.